The number of nitriles is 4. The van der Waals surface area contributed by atoms with E-state index in [0.29, 0.717) is 33.6 Å². The summed E-state index contributed by atoms with van der Waals surface area (Å²) in [6, 6.07) is 76.6. The van der Waals surface area contributed by atoms with Gasteiger partial charge < -0.3 is 9.13 Å². The zero-order valence-electron chi connectivity index (χ0n) is 39.2. The van der Waals surface area contributed by atoms with Crippen molar-refractivity contribution in [2.24, 2.45) is 0 Å². The van der Waals surface area contributed by atoms with Crippen LogP contribution in [0.2, 0.25) is 0 Å². The molecule has 0 radical (unpaired) electrons. The van der Waals surface area contributed by atoms with Gasteiger partial charge in [-0.3, -0.25) is 0 Å². The van der Waals surface area contributed by atoms with Crippen molar-refractivity contribution in [1.29, 1.82) is 21.0 Å². The minimum Gasteiger partial charge on any atom is -0.308 e. The number of aromatic nitrogens is 2. The zero-order valence-corrected chi connectivity index (χ0v) is 39.2. The molecule has 2 aromatic heterocycles. The van der Waals surface area contributed by atoms with E-state index in [4.69, 9.17) is 13.1 Å². The van der Waals surface area contributed by atoms with Gasteiger partial charge in [-0.2, -0.15) is 21.0 Å². The normalized spacial score (nSPS) is 10.9. The second-order valence-electron chi connectivity index (χ2n) is 18.0. The summed E-state index contributed by atoms with van der Waals surface area (Å²) in [4.78, 5) is 7.23. The van der Waals surface area contributed by atoms with Crippen molar-refractivity contribution in [3.05, 3.63) is 251 Å². The van der Waals surface area contributed by atoms with Gasteiger partial charge in [0.1, 0.15) is 0 Å². The van der Waals surface area contributed by atoms with Crippen LogP contribution in [0.5, 0.6) is 0 Å². The van der Waals surface area contributed by atoms with Crippen molar-refractivity contribution in [2.75, 3.05) is 0 Å². The largest absolute Gasteiger partial charge is 0.308 e. The fraction of sp³-hybridized carbons (Fsp3) is 0. The summed E-state index contributed by atoms with van der Waals surface area (Å²) in [6.07, 6.45) is 0. The van der Waals surface area contributed by atoms with Crippen molar-refractivity contribution in [1.82, 2.24) is 9.13 Å². The Morgan fingerprint density at radius 3 is 0.946 bits per heavy atom. The number of rotatable bonds is 7. The van der Waals surface area contributed by atoms with E-state index in [0.717, 1.165) is 111 Å². The molecule has 0 saturated heterocycles. The first-order valence-corrected chi connectivity index (χ1v) is 23.6. The highest BCUT2D eigenvalue weighted by Crippen LogP contribution is 2.45. The van der Waals surface area contributed by atoms with Crippen LogP contribution < -0.4 is 0 Å². The van der Waals surface area contributed by atoms with Gasteiger partial charge in [-0.15, -0.1) is 0 Å². The lowest BCUT2D eigenvalue weighted by molar-refractivity contribution is 1.13. The van der Waals surface area contributed by atoms with Gasteiger partial charge in [0.25, 0.3) is 0 Å². The third-order valence-corrected chi connectivity index (χ3v) is 13.9. The van der Waals surface area contributed by atoms with E-state index in [2.05, 4.69) is 116 Å². The van der Waals surface area contributed by atoms with Crippen LogP contribution in [-0.4, -0.2) is 9.13 Å². The van der Waals surface area contributed by atoms with Crippen LogP contribution in [0, 0.1) is 58.5 Å². The van der Waals surface area contributed by atoms with E-state index in [1.54, 1.807) is 6.07 Å². The smallest absolute Gasteiger partial charge is 0.187 e. The van der Waals surface area contributed by atoms with Crippen molar-refractivity contribution in [3.63, 3.8) is 0 Å². The lowest BCUT2D eigenvalue weighted by atomic mass is 9.96. The maximum absolute atomic E-state index is 11.1. The minimum atomic E-state index is 0.427. The molecule has 0 unspecified atom stereocenters. The molecule has 0 aliphatic carbocycles. The Morgan fingerprint density at radius 1 is 0.297 bits per heavy atom. The molecule has 338 valence electrons. The third-order valence-electron chi connectivity index (χ3n) is 13.9. The maximum atomic E-state index is 11.1. The monoisotopic (exact) mass is 938 g/mol. The molecule has 0 spiro atoms. The lowest BCUT2D eigenvalue weighted by Gasteiger charge is -2.21. The molecule has 0 N–H and O–H groups in total. The van der Waals surface area contributed by atoms with Crippen molar-refractivity contribution >= 4 is 55.0 Å². The van der Waals surface area contributed by atoms with Crippen LogP contribution >= 0.6 is 0 Å². The molecule has 0 atom stereocenters. The first-order valence-electron chi connectivity index (χ1n) is 23.6. The van der Waals surface area contributed by atoms with Crippen LogP contribution in [0.3, 0.4) is 0 Å². The predicted octanol–water partition coefficient (Wildman–Crippen LogP) is 16.8. The van der Waals surface area contributed by atoms with Crippen LogP contribution in [0.15, 0.2) is 206 Å². The molecule has 12 aromatic rings. The number of nitrogens with zero attached hydrogens (tertiary/aromatic N) is 8. The molecule has 0 bridgehead atoms. The SMILES string of the molecule is [C-]#[N+]c1ccc(-c2ccc3c(c2)c2cc(-c4ccc([N+]#[C-])cc4)ccc2n3-c2cc(C#N)cc(-n3c4ccc(-c5ccc(C#N)cc5)cc4c4cc(-c5ccc(C#N)cc5)ccc43)c2-c2cccc(C#N)c2)cc1. The van der Waals surface area contributed by atoms with Gasteiger partial charge in [-0.1, -0.05) is 109 Å². The van der Waals surface area contributed by atoms with Crippen LogP contribution in [0.4, 0.5) is 11.4 Å². The van der Waals surface area contributed by atoms with E-state index < -0.39 is 0 Å². The highest BCUT2D eigenvalue weighted by atomic mass is 15.0. The van der Waals surface area contributed by atoms with Crippen molar-refractivity contribution in [2.45, 2.75) is 0 Å². The van der Waals surface area contributed by atoms with Crippen LogP contribution in [-0.2, 0) is 0 Å². The third kappa shape index (κ3) is 7.44. The van der Waals surface area contributed by atoms with Crippen LogP contribution in [0.1, 0.15) is 22.3 Å². The summed E-state index contributed by atoms with van der Waals surface area (Å²) in [7, 11) is 0. The molecular weight excluding hydrogens is 905 g/mol. The van der Waals surface area contributed by atoms with Gasteiger partial charge in [-0.25, -0.2) is 9.69 Å². The van der Waals surface area contributed by atoms with Crippen molar-refractivity contribution < 1.29 is 0 Å². The summed E-state index contributed by atoms with van der Waals surface area (Å²) < 4.78 is 4.44. The molecule has 0 saturated carbocycles. The molecule has 8 heteroatoms. The number of fused-ring (bicyclic) bond motifs is 6. The molecule has 0 fully saturated rings. The van der Waals surface area contributed by atoms with E-state index in [1.165, 1.54) is 0 Å². The standard InChI is InChI=1S/C66H34N8/c1-71-54-22-14-47(15-23-54)51-20-28-62-58(35-51)59-36-52(48-16-24-55(72-2)25-17-48)21-29-63(59)74(62)65-32-44(40-70)31-64(66(65)53-5-3-4-43(30-53)39-69)73-60-26-18-49(45-10-6-41(37-67)7-11-45)33-56(60)57-34-50(19-27-61(57)73)46-12-8-42(38-68)9-13-46/h3-36H. The van der Waals surface area contributed by atoms with E-state index in [-0.39, 0.29) is 0 Å². The molecule has 0 aliphatic rings. The summed E-state index contributed by atoms with van der Waals surface area (Å²) in [5.74, 6) is 0. The van der Waals surface area contributed by atoms with Gasteiger partial charge in [0.15, 0.2) is 11.4 Å². The summed E-state index contributed by atoms with van der Waals surface area (Å²) >= 11 is 0. The molecule has 2 heterocycles. The fourth-order valence-corrected chi connectivity index (χ4v) is 10.3. The molecule has 0 aliphatic heterocycles. The Morgan fingerprint density at radius 2 is 0.622 bits per heavy atom. The highest BCUT2D eigenvalue weighted by molar-refractivity contribution is 6.14. The quantitative estimate of drug-likeness (QED) is 0.148. The first-order chi connectivity index (χ1) is 36.4. The molecule has 0 amide bonds. The van der Waals surface area contributed by atoms with Gasteiger partial charge in [0, 0.05) is 27.1 Å². The average molecular weight is 939 g/mol. The lowest BCUT2D eigenvalue weighted by Crippen LogP contribution is -2.05. The molecule has 10 aromatic carbocycles. The number of hydrogen-bond donors (Lipinski definition) is 0. The first kappa shape index (κ1) is 44.0. The average Bonchev–Trinajstić information content (AvgIpc) is 3.98. The Labute approximate surface area is 425 Å². The van der Waals surface area contributed by atoms with Gasteiger partial charge in [0.05, 0.1) is 93.1 Å². The van der Waals surface area contributed by atoms with Gasteiger partial charge in [0.2, 0.25) is 0 Å². The highest BCUT2D eigenvalue weighted by Gasteiger charge is 2.25. The molecular formula is C66H34N8. The Bertz CT molecular complexity index is 4080. The summed E-state index contributed by atoms with van der Waals surface area (Å²) in [6.45, 7) is 15.1. The molecule has 8 nitrogen and oxygen atoms in total. The minimum absolute atomic E-state index is 0.427. The molecule has 74 heavy (non-hydrogen) atoms. The van der Waals surface area contributed by atoms with Crippen LogP contribution in [0.25, 0.3) is 120 Å². The summed E-state index contributed by atoms with van der Waals surface area (Å²) in [5.41, 5.74) is 17.5. The Kier molecular flexibility index (Phi) is 10.7. The summed E-state index contributed by atoms with van der Waals surface area (Å²) in [5, 5.41) is 44.5. The van der Waals surface area contributed by atoms with E-state index >= 15 is 0 Å². The fourth-order valence-electron chi connectivity index (χ4n) is 10.3. The second-order valence-corrected chi connectivity index (χ2v) is 18.0. The topological polar surface area (TPSA) is 114 Å². The second kappa shape index (κ2) is 17.9. The maximum Gasteiger partial charge on any atom is 0.187 e. The molecule has 12 rings (SSSR count). The Balaban J connectivity index is 1.18. The van der Waals surface area contributed by atoms with Crippen molar-refractivity contribution in [3.8, 4) is 91.3 Å². The van der Waals surface area contributed by atoms with E-state index in [9.17, 15) is 21.0 Å². The van der Waals surface area contributed by atoms with E-state index in [1.807, 2.05) is 127 Å². The number of hydrogen-bond acceptors (Lipinski definition) is 4. The zero-order chi connectivity index (χ0) is 50.5. The number of benzene rings is 10. The predicted molar refractivity (Wildman–Crippen MR) is 294 cm³/mol. The van der Waals surface area contributed by atoms with Gasteiger partial charge in [-0.05, 0) is 147 Å². The Hall–Kier alpha value is -11.3. The van der Waals surface area contributed by atoms with Gasteiger partial charge >= 0.3 is 0 Å².